The summed E-state index contributed by atoms with van der Waals surface area (Å²) in [5.41, 5.74) is -1.62. The van der Waals surface area contributed by atoms with Gasteiger partial charge in [-0.25, -0.2) is 4.98 Å². The maximum absolute atomic E-state index is 11.6. The number of ether oxygens (including phenoxy) is 3. The highest BCUT2D eigenvalue weighted by Gasteiger charge is 2.68. The molecule has 3 heterocycles. The first-order valence-electron chi connectivity index (χ1n) is 11.1. The van der Waals surface area contributed by atoms with Crippen LogP contribution in [0.15, 0.2) is 11.6 Å². The molecule has 9 nitrogen and oxygen atoms in total. The van der Waals surface area contributed by atoms with Gasteiger partial charge in [-0.05, 0) is 39.7 Å². The molecular weight excluding hydrogens is 424 g/mol. The van der Waals surface area contributed by atoms with E-state index in [9.17, 15) is 20.4 Å². The predicted molar refractivity (Wildman–Crippen MR) is 112 cm³/mol. The average molecular weight is 459 g/mol. The number of nitrogens with zero attached hydrogens (tertiary/aromatic N) is 1. The fourth-order valence-corrected chi connectivity index (χ4v) is 6.11. The first kappa shape index (κ1) is 23.5. The molecule has 0 amide bonds. The number of nitrogens with one attached hydrogen (secondary N) is 1. The third-order valence-electron chi connectivity index (χ3n) is 7.09. The van der Waals surface area contributed by atoms with Crippen molar-refractivity contribution >= 4 is 11.3 Å². The van der Waals surface area contributed by atoms with E-state index < -0.39 is 54.1 Å². The molecule has 5 N–H and O–H groups in total. The zero-order valence-electron chi connectivity index (χ0n) is 18.2. The Hall–Kier alpha value is -0.690. The van der Waals surface area contributed by atoms with Gasteiger partial charge < -0.3 is 40.0 Å². The number of rotatable bonds is 6. The summed E-state index contributed by atoms with van der Waals surface area (Å²) in [5, 5.41) is 50.8. The van der Waals surface area contributed by atoms with E-state index in [1.165, 1.54) is 0 Å². The van der Waals surface area contributed by atoms with Gasteiger partial charge in [-0.15, -0.1) is 11.3 Å². The van der Waals surface area contributed by atoms with Gasteiger partial charge in [0, 0.05) is 23.9 Å². The van der Waals surface area contributed by atoms with Crippen molar-refractivity contribution in [3.8, 4) is 0 Å². The summed E-state index contributed by atoms with van der Waals surface area (Å²) in [6.07, 6.45) is -1.15. The SMILES string of the molecule is CC[C@@H]1[C@H](O)[C@H](NC)[C@H]2O[C@]3(O)[C@H](O[C@@H]2[C@H]1O)O[C@H](C)C[C@@]3(O)CCCc1nccs1. The van der Waals surface area contributed by atoms with Crippen LogP contribution in [-0.2, 0) is 20.6 Å². The Labute approximate surface area is 186 Å². The van der Waals surface area contributed by atoms with Crippen LogP contribution in [0.1, 0.15) is 44.5 Å². The molecule has 0 spiro atoms. The van der Waals surface area contributed by atoms with Gasteiger partial charge in [0.2, 0.25) is 12.1 Å². The van der Waals surface area contributed by atoms with Crippen LogP contribution in [0.5, 0.6) is 0 Å². The molecule has 0 radical (unpaired) electrons. The number of aromatic nitrogens is 1. The molecule has 10 heteroatoms. The van der Waals surface area contributed by atoms with Crippen LogP contribution < -0.4 is 5.32 Å². The number of thiazole rings is 1. The standard InChI is InChI=1S/C21H34N2O7S/c1-4-12-15(24)14(22-3)17-18(16(12)25)29-19-21(27,30-17)20(26,10-11(2)28-19)7-5-6-13-23-8-9-31-13/h8-9,11-12,14-19,22,24-27H,4-7,10H2,1-3H3/t11-,12-,14+,15+,16+,17-,18-,19+,20+,21-/m1/s1. The van der Waals surface area contributed by atoms with Gasteiger partial charge in [0.25, 0.3) is 0 Å². The molecule has 2 saturated heterocycles. The maximum atomic E-state index is 11.6. The Kier molecular flexibility index (Phi) is 6.75. The monoisotopic (exact) mass is 458 g/mol. The molecule has 1 aliphatic carbocycles. The quantitative estimate of drug-likeness (QED) is 0.404. The largest absolute Gasteiger partial charge is 0.391 e. The molecule has 10 atom stereocenters. The normalized spacial score (nSPS) is 47.6. The first-order valence-corrected chi connectivity index (χ1v) is 12.0. The van der Waals surface area contributed by atoms with Crippen molar-refractivity contribution in [2.24, 2.45) is 5.92 Å². The molecular formula is C21H34N2O7S. The average Bonchev–Trinajstić information content (AvgIpc) is 3.22. The topological polar surface area (TPSA) is 134 Å². The maximum Gasteiger partial charge on any atom is 0.248 e. The van der Waals surface area contributed by atoms with Gasteiger partial charge in [-0.3, -0.25) is 0 Å². The number of aryl methyl sites for hydroxylation is 1. The summed E-state index contributed by atoms with van der Waals surface area (Å²) in [6.45, 7) is 3.71. The van der Waals surface area contributed by atoms with E-state index in [0.29, 0.717) is 19.3 Å². The zero-order valence-corrected chi connectivity index (χ0v) is 19.0. The van der Waals surface area contributed by atoms with Crippen molar-refractivity contribution in [2.75, 3.05) is 7.05 Å². The molecule has 1 saturated carbocycles. The third kappa shape index (κ3) is 3.96. The van der Waals surface area contributed by atoms with Crippen LogP contribution in [0.2, 0.25) is 0 Å². The van der Waals surface area contributed by atoms with Gasteiger partial charge in [-0.2, -0.15) is 0 Å². The Morgan fingerprint density at radius 1 is 1.23 bits per heavy atom. The molecule has 2 aliphatic heterocycles. The van der Waals surface area contributed by atoms with Crippen molar-refractivity contribution in [1.82, 2.24) is 10.3 Å². The summed E-state index contributed by atoms with van der Waals surface area (Å²) in [6, 6.07) is -0.581. The van der Waals surface area contributed by atoms with Crippen molar-refractivity contribution in [1.29, 1.82) is 0 Å². The minimum atomic E-state index is -2.13. The third-order valence-corrected chi connectivity index (χ3v) is 7.93. The van der Waals surface area contributed by atoms with Gasteiger partial charge in [0.05, 0.1) is 29.4 Å². The second-order valence-corrected chi connectivity index (χ2v) is 10.0. The lowest BCUT2D eigenvalue weighted by molar-refractivity contribution is -0.485. The highest BCUT2D eigenvalue weighted by atomic mass is 32.1. The molecule has 1 aromatic heterocycles. The second kappa shape index (κ2) is 8.92. The van der Waals surface area contributed by atoms with Crippen LogP contribution in [0.25, 0.3) is 0 Å². The summed E-state index contributed by atoms with van der Waals surface area (Å²) in [4.78, 5) is 4.27. The predicted octanol–water partition coefficient (Wildman–Crippen LogP) is 0.154. The lowest BCUT2D eigenvalue weighted by Gasteiger charge is -2.60. The van der Waals surface area contributed by atoms with Gasteiger partial charge in [-0.1, -0.05) is 6.92 Å². The molecule has 0 bridgehead atoms. The van der Waals surface area contributed by atoms with Gasteiger partial charge >= 0.3 is 0 Å². The van der Waals surface area contributed by atoms with Crippen molar-refractivity contribution in [2.45, 2.75) is 100 Å². The van der Waals surface area contributed by atoms with E-state index in [2.05, 4.69) is 10.3 Å². The van der Waals surface area contributed by atoms with E-state index in [-0.39, 0.29) is 18.9 Å². The number of hydrogen-bond acceptors (Lipinski definition) is 10. The minimum Gasteiger partial charge on any atom is -0.391 e. The van der Waals surface area contributed by atoms with Crippen LogP contribution in [0, 0.1) is 5.92 Å². The van der Waals surface area contributed by atoms with Crippen LogP contribution >= 0.6 is 11.3 Å². The smallest absolute Gasteiger partial charge is 0.248 e. The fourth-order valence-electron chi connectivity index (χ4n) is 5.44. The number of likely N-dealkylation sites (N-methyl/N-ethyl adjacent to an activating group) is 1. The molecule has 3 fully saturated rings. The van der Waals surface area contributed by atoms with Gasteiger partial charge in [0.15, 0.2) is 0 Å². The Morgan fingerprint density at radius 3 is 2.65 bits per heavy atom. The van der Waals surface area contributed by atoms with E-state index in [1.54, 1.807) is 24.6 Å². The highest BCUT2D eigenvalue weighted by molar-refractivity contribution is 7.09. The van der Waals surface area contributed by atoms with E-state index in [0.717, 1.165) is 5.01 Å². The minimum absolute atomic E-state index is 0.172. The molecule has 3 aliphatic rings. The Bertz CT molecular complexity index is 739. The van der Waals surface area contributed by atoms with E-state index in [4.69, 9.17) is 14.2 Å². The lowest BCUT2D eigenvalue weighted by atomic mass is 9.73. The number of hydrogen-bond donors (Lipinski definition) is 5. The molecule has 4 rings (SSSR count). The molecule has 176 valence electrons. The van der Waals surface area contributed by atoms with Crippen molar-refractivity contribution in [3.05, 3.63) is 16.6 Å². The first-order chi connectivity index (χ1) is 14.7. The lowest BCUT2D eigenvalue weighted by Crippen LogP contribution is -2.78. The van der Waals surface area contributed by atoms with Crippen molar-refractivity contribution in [3.63, 3.8) is 0 Å². The zero-order chi connectivity index (χ0) is 22.4. The summed E-state index contributed by atoms with van der Waals surface area (Å²) in [5.74, 6) is -2.54. The highest BCUT2D eigenvalue weighted by Crippen LogP contribution is 2.49. The Balaban J connectivity index is 1.58. The Morgan fingerprint density at radius 2 is 2.00 bits per heavy atom. The van der Waals surface area contributed by atoms with Crippen LogP contribution in [0.3, 0.4) is 0 Å². The molecule has 1 aromatic rings. The summed E-state index contributed by atoms with van der Waals surface area (Å²) in [7, 11) is 1.69. The molecule has 31 heavy (non-hydrogen) atoms. The number of aliphatic hydroxyl groups is 4. The van der Waals surface area contributed by atoms with E-state index in [1.807, 2.05) is 19.2 Å². The number of aliphatic hydroxyl groups excluding tert-OH is 2. The second-order valence-electron chi connectivity index (χ2n) is 9.04. The van der Waals surface area contributed by atoms with Crippen molar-refractivity contribution < 1.29 is 34.6 Å². The molecule has 0 aromatic carbocycles. The number of fused-ring (bicyclic) bond motifs is 2. The summed E-state index contributed by atoms with van der Waals surface area (Å²) >= 11 is 1.55. The summed E-state index contributed by atoms with van der Waals surface area (Å²) < 4.78 is 18.0. The van der Waals surface area contributed by atoms with Gasteiger partial charge in [0.1, 0.15) is 17.8 Å². The van der Waals surface area contributed by atoms with Crippen LogP contribution in [0.4, 0.5) is 0 Å². The fraction of sp³-hybridized carbons (Fsp3) is 0.857. The molecule has 0 unspecified atom stereocenters. The van der Waals surface area contributed by atoms with Crippen LogP contribution in [-0.4, -0.2) is 86.7 Å². The van der Waals surface area contributed by atoms with E-state index >= 15 is 0 Å².